The van der Waals surface area contributed by atoms with Gasteiger partial charge in [0, 0.05) is 43.2 Å². The summed E-state index contributed by atoms with van der Waals surface area (Å²) < 4.78 is 0. The molecular formula is C26H30N4O4. The number of likely N-dealkylation sites (tertiary alicyclic amines) is 1. The van der Waals surface area contributed by atoms with Crippen LogP contribution in [0.1, 0.15) is 49.1 Å². The molecule has 4 rings (SSSR count). The molecule has 2 amide bonds. The minimum atomic E-state index is -0.924. The number of carbonyl (C=O) groups excluding carboxylic acids is 2. The number of nitrogens with zero attached hydrogens (tertiary/aromatic N) is 2. The summed E-state index contributed by atoms with van der Waals surface area (Å²) in [6, 6.07) is 16.4. The highest BCUT2D eigenvalue weighted by atomic mass is 16.4. The van der Waals surface area contributed by atoms with Crippen molar-refractivity contribution < 1.29 is 19.5 Å². The molecule has 4 N–H and O–H groups in total. The third kappa shape index (κ3) is 4.81. The van der Waals surface area contributed by atoms with Gasteiger partial charge in [-0.15, -0.1) is 0 Å². The molecule has 8 nitrogen and oxygen atoms in total. The predicted octanol–water partition coefficient (Wildman–Crippen LogP) is 2.96. The van der Waals surface area contributed by atoms with Gasteiger partial charge in [-0.25, -0.2) is 0 Å². The van der Waals surface area contributed by atoms with Gasteiger partial charge >= 0.3 is 5.97 Å². The third-order valence-corrected chi connectivity index (χ3v) is 7.19. The van der Waals surface area contributed by atoms with Crippen molar-refractivity contribution in [2.24, 2.45) is 11.1 Å². The zero-order valence-corrected chi connectivity index (χ0v) is 19.1. The maximum absolute atomic E-state index is 13.4. The molecular weight excluding hydrogens is 432 g/mol. The van der Waals surface area contributed by atoms with Crippen molar-refractivity contribution in [2.75, 3.05) is 24.5 Å². The van der Waals surface area contributed by atoms with Crippen LogP contribution in [0.4, 0.5) is 5.69 Å². The molecule has 2 aromatic carbocycles. The number of nitrogen functional groups attached to an aromatic ring is 1. The third-order valence-electron chi connectivity index (χ3n) is 7.19. The second-order valence-electron chi connectivity index (χ2n) is 9.24. The number of nitrogens with one attached hydrogen (secondary N) is 1. The highest BCUT2D eigenvalue weighted by Gasteiger charge is 2.49. The van der Waals surface area contributed by atoms with Gasteiger partial charge in [-0.3, -0.25) is 19.8 Å². The Hall–Kier alpha value is -3.68. The summed E-state index contributed by atoms with van der Waals surface area (Å²) in [4.78, 5) is 41.3. The number of amides is 2. The van der Waals surface area contributed by atoms with E-state index in [1.54, 1.807) is 21.9 Å². The number of benzene rings is 2. The van der Waals surface area contributed by atoms with Crippen molar-refractivity contribution >= 4 is 29.3 Å². The zero-order valence-electron chi connectivity index (χ0n) is 19.1. The maximum Gasteiger partial charge on any atom is 0.303 e. The van der Waals surface area contributed by atoms with Gasteiger partial charge in [0.1, 0.15) is 5.84 Å². The van der Waals surface area contributed by atoms with Gasteiger partial charge in [-0.2, -0.15) is 0 Å². The fourth-order valence-electron chi connectivity index (χ4n) is 5.12. The molecule has 0 aromatic heterocycles. The second-order valence-corrected chi connectivity index (χ2v) is 9.24. The topological polar surface area (TPSA) is 128 Å². The Labute approximate surface area is 198 Å². The number of carboxylic acids is 1. The molecule has 2 aromatic rings. The highest BCUT2D eigenvalue weighted by Crippen LogP contribution is 2.43. The highest BCUT2D eigenvalue weighted by molar-refractivity contribution is 6.01. The number of anilines is 1. The summed E-state index contributed by atoms with van der Waals surface area (Å²) in [6.45, 7) is 1.62. The Morgan fingerprint density at radius 2 is 1.59 bits per heavy atom. The van der Waals surface area contributed by atoms with Crippen LogP contribution in [0.15, 0.2) is 54.6 Å². The minimum Gasteiger partial charge on any atom is -0.481 e. The fraction of sp³-hybridized carbons (Fsp3) is 0.385. The predicted molar refractivity (Wildman–Crippen MR) is 129 cm³/mol. The first kappa shape index (κ1) is 23.5. The van der Waals surface area contributed by atoms with E-state index in [1.165, 1.54) is 0 Å². The monoisotopic (exact) mass is 462 g/mol. The SMILES string of the molecule is N=C(N)c1ccc(N2CCC3(CCN(C(=O)CC(CC(=O)O)c4ccccc4)CC3)C2=O)cc1. The average Bonchev–Trinajstić information content (AvgIpc) is 3.14. The van der Waals surface area contributed by atoms with Crippen molar-refractivity contribution in [3.63, 3.8) is 0 Å². The molecule has 2 aliphatic heterocycles. The summed E-state index contributed by atoms with van der Waals surface area (Å²) in [6.07, 6.45) is 2.01. The lowest BCUT2D eigenvalue weighted by Crippen LogP contribution is -2.47. The quantitative estimate of drug-likeness (QED) is 0.431. The molecule has 1 unspecified atom stereocenters. The van der Waals surface area contributed by atoms with Crippen molar-refractivity contribution in [1.29, 1.82) is 5.41 Å². The van der Waals surface area contributed by atoms with Gasteiger partial charge in [0.15, 0.2) is 0 Å². The lowest BCUT2D eigenvalue weighted by atomic mass is 9.77. The van der Waals surface area contributed by atoms with Crippen LogP contribution in [-0.2, 0) is 14.4 Å². The second kappa shape index (κ2) is 9.67. The molecule has 2 aliphatic rings. The summed E-state index contributed by atoms with van der Waals surface area (Å²) in [7, 11) is 0. The minimum absolute atomic E-state index is 0.00864. The molecule has 34 heavy (non-hydrogen) atoms. The van der Waals surface area contributed by atoms with E-state index in [1.807, 2.05) is 42.5 Å². The first-order valence-electron chi connectivity index (χ1n) is 11.6. The van der Waals surface area contributed by atoms with Crippen LogP contribution < -0.4 is 10.6 Å². The molecule has 2 saturated heterocycles. The van der Waals surface area contributed by atoms with Crippen LogP contribution in [-0.4, -0.2) is 53.3 Å². The van der Waals surface area contributed by atoms with Gasteiger partial charge in [0.25, 0.3) is 0 Å². The lowest BCUT2D eigenvalue weighted by molar-refractivity contribution is -0.139. The maximum atomic E-state index is 13.4. The summed E-state index contributed by atoms with van der Waals surface area (Å²) in [5, 5.41) is 16.8. The Balaban J connectivity index is 1.38. The van der Waals surface area contributed by atoms with Crippen LogP contribution in [0.5, 0.6) is 0 Å². The van der Waals surface area contributed by atoms with Gasteiger partial charge in [0.05, 0.1) is 11.8 Å². The molecule has 8 heteroatoms. The number of nitrogens with two attached hydrogens (primary N) is 1. The summed E-state index contributed by atoms with van der Waals surface area (Å²) in [5.74, 6) is -1.28. The van der Waals surface area contributed by atoms with E-state index in [-0.39, 0.29) is 36.4 Å². The number of amidine groups is 1. The molecule has 0 radical (unpaired) electrons. The first-order valence-corrected chi connectivity index (χ1v) is 11.6. The van der Waals surface area contributed by atoms with E-state index in [4.69, 9.17) is 11.1 Å². The van der Waals surface area contributed by atoms with Crippen molar-refractivity contribution in [3.8, 4) is 0 Å². The number of piperidine rings is 1. The van der Waals surface area contributed by atoms with Crippen molar-refractivity contribution in [2.45, 2.75) is 38.0 Å². The molecule has 1 spiro atoms. The standard InChI is InChI=1S/C26H30N4O4/c27-24(28)19-6-8-21(9-7-19)30-15-12-26(25(30)34)10-13-29(14-11-26)22(31)16-20(17-23(32)33)18-4-2-1-3-5-18/h1-9,20H,10-17H2,(H3,27,28)(H,32,33). The molecule has 2 fully saturated rings. The summed E-state index contributed by atoms with van der Waals surface area (Å²) >= 11 is 0. The molecule has 0 aliphatic carbocycles. The number of aliphatic carboxylic acids is 1. The normalized spacial score (nSPS) is 18.2. The van der Waals surface area contributed by atoms with Crippen LogP contribution >= 0.6 is 0 Å². The molecule has 1 atom stereocenters. The zero-order chi connectivity index (χ0) is 24.3. The molecule has 0 bridgehead atoms. The Kier molecular flexibility index (Phi) is 6.68. The Morgan fingerprint density at radius 3 is 2.18 bits per heavy atom. The van der Waals surface area contributed by atoms with Crippen LogP contribution in [0.3, 0.4) is 0 Å². The van der Waals surface area contributed by atoms with Crippen LogP contribution in [0.25, 0.3) is 0 Å². The number of carboxylic acid groups (broad SMARTS) is 1. The van der Waals surface area contributed by atoms with Crippen LogP contribution in [0.2, 0.25) is 0 Å². The van der Waals surface area contributed by atoms with E-state index >= 15 is 0 Å². The number of carbonyl (C=O) groups is 3. The van der Waals surface area contributed by atoms with E-state index < -0.39 is 11.4 Å². The largest absolute Gasteiger partial charge is 0.481 e. The molecule has 178 valence electrons. The summed E-state index contributed by atoms with van der Waals surface area (Å²) in [5.41, 5.74) is 7.33. The van der Waals surface area contributed by atoms with E-state index in [2.05, 4.69) is 0 Å². The first-order chi connectivity index (χ1) is 16.3. The smallest absolute Gasteiger partial charge is 0.303 e. The molecule has 2 heterocycles. The van der Waals surface area contributed by atoms with E-state index in [9.17, 15) is 19.5 Å². The number of hydrogen-bond acceptors (Lipinski definition) is 4. The molecule has 0 saturated carbocycles. The number of hydrogen-bond donors (Lipinski definition) is 3. The van der Waals surface area contributed by atoms with Crippen LogP contribution in [0, 0.1) is 10.8 Å². The Bertz CT molecular complexity index is 1080. The fourth-order valence-corrected chi connectivity index (χ4v) is 5.12. The van der Waals surface area contributed by atoms with Gasteiger partial charge < -0.3 is 20.6 Å². The van der Waals surface area contributed by atoms with Gasteiger partial charge in [-0.1, -0.05) is 30.3 Å². The van der Waals surface area contributed by atoms with E-state index in [0.29, 0.717) is 38.0 Å². The van der Waals surface area contributed by atoms with E-state index in [0.717, 1.165) is 17.7 Å². The lowest BCUT2D eigenvalue weighted by Gasteiger charge is -2.38. The number of rotatable bonds is 7. The van der Waals surface area contributed by atoms with Crippen molar-refractivity contribution in [1.82, 2.24) is 4.90 Å². The van der Waals surface area contributed by atoms with Crippen molar-refractivity contribution in [3.05, 3.63) is 65.7 Å². The Morgan fingerprint density at radius 1 is 0.971 bits per heavy atom. The van der Waals surface area contributed by atoms with Gasteiger partial charge in [0.2, 0.25) is 11.8 Å². The average molecular weight is 463 g/mol. The van der Waals surface area contributed by atoms with Gasteiger partial charge in [-0.05, 0) is 49.1 Å².